The van der Waals surface area contributed by atoms with E-state index in [1.54, 1.807) is 0 Å². The highest BCUT2D eigenvalue weighted by atomic mass is 35.5. The molecule has 2 atom stereocenters. The summed E-state index contributed by atoms with van der Waals surface area (Å²) in [5.41, 5.74) is 11.4. The maximum absolute atomic E-state index is 13.5. The third-order valence-electron chi connectivity index (χ3n) is 5.98. The van der Waals surface area contributed by atoms with Crippen molar-refractivity contribution in [1.29, 1.82) is 0 Å². The molecule has 0 spiro atoms. The first-order valence-electron chi connectivity index (χ1n) is 9.91. The van der Waals surface area contributed by atoms with Crippen molar-refractivity contribution in [2.45, 2.75) is 58.4 Å². The molecular formula is C22H31Cl2N3O. The molecule has 1 aliphatic carbocycles. The maximum Gasteiger partial charge on any atom is 0.254 e. The monoisotopic (exact) mass is 423 g/mol. The number of rotatable bonds is 3. The van der Waals surface area contributed by atoms with Crippen molar-refractivity contribution in [3.05, 3.63) is 40.6 Å². The number of aromatic nitrogens is 1. The summed E-state index contributed by atoms with van der Waals surface area (Å²) in [5, 5.41) is 1.000. The zero-order chi connectivity index (χ0) is 18.4. The van der Waals surface area contributed by atoms with E-state index < -0.39 is 0 Å². The van der Waals surface area contributed by atoms with E-state index in [0.717, 1.165) is 53.7 Å². The number of hydrogen-bond donors (Lipinski definition) is 1. The first-order chi connectivity index (χ1) is 12.4. The van der Waals surface area contributed by atoms with E-state index in [-0.39, 0.29) is 36.8 Å². The summed E-state index contributed by atoms with van der Waals surface area (Å²) in [7, 11) is 0. The topological polar surface area (TPSA) is 59.2 Å². The van der Waals surface area contributed by atoms with Crippen LogP contribution in [0, 0.1) is 19.8 Å². The van der Waals surface area contributed by atoms with Crippen LogP contribution >= 0.6 is 24.8 Å². The van der Waals surface area contributed by atoms with Crippen LogP contribution in [0.3, 0.4) is 0 Å². The minimum absolute atomic E-state index is 0. The summed E-state index contributed by atoms with van der Waals surface area (Å²) in [6.07, 6.45) is 4.53. The average molecular weight is 424 g/mol. The van der Waals surface area contributed by atoms with Crippen LogP contribution in [0.15, 0.2) is 18.2 Å². The molecule has 2 fully saturated rings. The highest BCUT2D eigenvalue weighted by Gasteiger charge is 2.30. The number of aryl methyl sites for hydroxylation is 2. The maximum atomic E-state index is 13.5. The van der Waals surface area contributed by atoms with Gasteiger partial charge in [-0.1, -0.05) is 11.6 Å². The lowest BCUT2D eigenvalue weighted by molar-refractivity contribution is 0.0663. The smallest absolute Gasteiger partial charge is 0.254 e. The van der Waals surface area contributed by atoms with Gasteiger partial charge in [-0.25, -0.2) is 0 Å². The first-order valence-corrected chi connectivity index (χ1v) is 9.91. The second-order valence-corrected chi connectivity index (χ2v) is 8.36. The predicted molar refractivity (Wildman–Crippen MR) is 120 cm³/mol. The summed E-state index contributed by atoms with van der Waals surface area (Å²) in [5.74, 6) is 1.08. The van der Waals surface area contributed by atoms with Crippen molar-refractivity contribution in [2.24, 2.45) is 11.7 Å². The molecule has 2 aromatic rings. The van der Waals surface area contributed by atoms with E-state index in [2.05, 4.69) is 39.0 Å². The van der Waals surface area contributed by atoms with Crippen LogP contribution < -0.4 is 5.73 Å². The molecule has 6 heteroatoms. The SMILES string of the molecule is Cc1cc(C)c2nc(C3CC3)cc(C(=O)N3CCCC(C(C)N)C3)c2c1.Cl.Cl. The Bertz CT molecular complexity index is 864. The Hall–Kier alpha value is -1.36. The van der Waals surface area contributed by atoms with Crippen LogP contribution in [-0.4, -0.2) is 34.9 Å². The molecule has 1 aromatic heterocycles. The quantitative estimate of drug-likeness (QED) is 0.772. The minimum Gasteiger partial charge on any atom is -0.338 e. The number of nitrogens with zero attached hydrogens (tertiary/aromatic N) is 2. The molecule has 4 nitrogen and oxygen atoms in total. The molecule has 28 heavy (non-hydrogen) atoms. The van der Waals surface area contributed by atoms with Crippen molar-refractivity contribution >= 4 is 41.6 Å². The largest absolute Gasteiger partial charge is 0.338 e. The van der Waals surface area contributed by atoms with Gasteiger partial charge in [-0.2, -0.15) is 0 Å². The Morgan fingerprint density at radius 2 is 1.89 bits per heavy atom. The molecule has 2 unspecified atom stereocenters. The van der Waals surface area contributed by atoms with Gasteiger partial charge in [0.25, 0.3) is 5.91 Å². The average Bonchev–Trinajstić information content (AvgIpc) is 3.45. The van der Waals surface area contributed by atoms with Crippen molar-refractivity contribution in [3.63, 3.8) is 0 Å². The summed E-state index contributed by atoms with van der Waals surface area (Å²) < 4.78 is 0. The van der Waals surface area contributed by atoms with Crippen LogP contribution in [0.5, 0.6) is 0 Å². The van der Waals surface area contributed by atoms with E-state index in [9.17, 15) is 4.79 Å². The summed E-state index contributed by atoms with van der Waals surface area (Å²) in [6.45, 7) is 7.83. The lowest BCUT2D eigenvalue weighted by Crippen LogP contribution is -2.45. The van der Waals surface area contributed by atoms with Gasteiger partial charge in [0.15, 0.2) is 0 Å². The van der Waals surface area contributed by atoms with Crippen molar-refractivity contribution in [2.75, 3.05) is 13.1 Å². The summed E-state index contributed by atoms with van der Waals surface area (Å²) >= 11 is 0. The molecule has 1 saturated carbocycles. The number of halogens is 2. The Morgan fingerprint density at radius 3 is 2.54 bits per heavy atom. The second kappa shape index (κ2) is 8.98. The molecule has 0 radical (unpaired) electrons. The van der Waals surface area contributed by atoms with Crippen LogP contribution in [0.4, 0.5) is 0 Å². The van der Waals surface area contributed by atoms with E-state index in [1.807, 2.05) is 4.90 Å². The van der Waals surface area contributed by atoms with E-state index in [0.29, 0.717) is 11.8 Å². The predicted octanol–water partition coefficient (Wildman–Crippen LogP) is 4.77. The standard InChI is InChI=1S/C22H29N3O.2ClH/c1-13-9-14(2)21-18(10-13)19(11-20(24-21)16-6-7-16)22(26)25-8-4-5-17(12-25)15(3)23;;/h9-11,15-17H,4-8,12,23H2,1-3H3;2*1H. The molecular weight excluding hydrogens is 393 g/mol. The molecule has 1 aliphatic heterocycles. The number of carbonyl (C=O) groups is 1. The molecule has 0 bridgehead atoms. The minimum atomic E-state index is 0. The number of benzene rings is 1. The number of fused-ring (bicyclic) bond motifs is 1. The molecule has 4 rings (SSSR count). The third-order valence-corrected chi connectivity index (χ3v) is 5.98. The summed E-state index contributed by atoms with van der Waals surface area (Å²) in [6, 6.07) is 6.47. The Morgan fingerprint density at radius 1 is 1.18 bits per heavy atom. The lowest BCUT2D eigenvalue weighted by atomic mass is 9.91. The van der Waals surface area contributed by atoms with Gasteiger partial charge in [-0.15, -0.1) is 24.8 Å². The van der Waals surface area contributed by atoms with Crippen molar-refractivity contribution in [3.8, 4) is 0 Å². The number of nitrogens with two attached hydrogens (primary N) is 1. The lowest BCUT2D eigenvalue weighted by Gasteiger charge is -2.35. The van der Waals surface area contributed by atoms with Gasteiger partial charge in [-0.3, -0.25) is 9.78 Å². The number of piperidine rings is 1. The van der Waals surface area contributed by atoms with Crippen LogP contribution in [0.2, 0.25) is 0 Å². The molecule has 1 saturated heterocycles. The normalized spacial score (nSPS) is 20.3. The molecule has 1 amide bonds. The third kappa shape index (κ3) is 4.45. The zero-order valence-corrected chi connectivity index (χ0v) is 18.5. The molecule has 2 heterocycles. The molecule has 1 aromatic carbocycles. The Labute approximate surface area is 180 Å². The molecule has 2 N–H and O–H groups in total. The fourth-order valence-electron chi connectivity index (χ4n) is 4.26. The van der Waals surface area contributed by atoms with Gasteiger partial charge in [0.2, 0.25) is 0 Å². The second-order valence-electron chi connectivity index (χ2n) is 8.36. The Kier molecular flexibility index (Phi) is 7.35. The fraction of sp³-hybridized carbons (Fsp3) is 0.545. The first kappa shape index (κ1) is 22.9. The molecule has 2 aliphatic rings. The van der Waals surface area contributed by atoms with Gasteiger partial charge in [0, 0.05) is 36.1 Å². The van der Waals surface area contributed by atoms with E-state index >= 15 is 0 Å². The van der Waals surface area contributed by atoms with Gasteiger partial charge in [0.05, 0.1) is 11.1 Å². The van der Waals surface area contributed by atoms with Gasteiger partial charge >= 0.3 is 0 Å². The van der Waals surface area contributed by atoms with Crippen LogP contribution in [0.25, 0.3) is 10.9 Å². The number of amides is 1. The highest BCUT2D eigenvalue weighted by molar-refractivity contribution is 6.07. The van der Waals surface area contributed by atoms with Crippen molar-refractivity contribution in [1.82, 2.24) is 9.88 Å². The summed E-state index contributed by atoms with van der Waals surface area (Å²) in [4.78, 5) is 20.4. The van der Waals surface area contributed by atoms with Crippen LogP contribution in [0.1, 0.15) is 65.7 Å². The van der Waals surface area contributed by atoms with Crippen LogP contribution in [-0.2, 0) is 0 Å². The Balaban J connectivity index is 0.00000140. The van der Waals surface area contributed by atoms with E-state index in [1.165, 1.54) is 18.4 Å². The number of likely N-dealkylation sites (tertiary alicyclic amines) is 1. The van der Waals surface area contributed by atoms with Crippen molar-refractivity contribution < 1.29 is 4.79 Å². The van der Waals surface area contributed by atoms with E-state index in [4.69, 9.17) is 10.7 Å². The molecule has 154 valence electrons. The van der Waals surface area contributed by atoms with Gasteiger partial charge < -0.3 is 10.6 Å². The number of carbonyl (C=O) groups excluding carboxylic acids is 1. The number of pyridine rings is 1. The number of hydrogen-bond acceptors (Lipinski definition) is 3. The van der Waals surface area contributed by atoms with Gasteiger partial charge in [0.1, 0.15) is 0 Å². The highest BCUT2D eigenvalue weighted by Crippen LogP contribution is 2.41. The fourth-order valence-corrected chi connectivity index (χ4v) is 4.26. The van der Waals surface area contributed by atoms with Gasteiger partial charge in [-0.05, 0) is 70.1 Å². The zero-order valence-electron chi connectivity index (χ0n) is 16.9.